The van der Waals surface area contributed by atoms with Gasteiger partial charge < -0.3 is 5.32 Å². The third-order valence-electron chi connectivity index (χ3n) is 6.51. The highest BCUT2D eigenvalue weighted by Gasteiger charge is 2.51. The van der Waals surface area contributed by atoms with Crippen LogP contribution in [0.25, 0.3) is 0 Å². The molecule has 6 heteroatoms. The summed E-state index contributed by atoms with van der Waals surface area (Å²) < 4.78 is 27.9. The normalized spacial score (nSPS) is 32.4. The second-order valence-corrected chi connectivity index (χ2v) is 11.4. The Bertz CT molecular complexity index is 782. The molecule has 1 aromatic carbocycles. The van der Waals surface area contributed by atoms with Crippen molar-refractivity contribution < 1.29 is 13.2 Å². The number of amides is 1. The van der Waals surface area contributed by atoms with Crippen molar-refractivity contribution in [2.24, 2.45) is 17.8 Å². The van der Waals surface area contributed by atoms with E-state index in [2.05, 4.69) is 10.0 Å². The maximum Gasteiger partial charge on any atom is 0.241 e. The SMILES string of the molecule is CC(C)(CC(=O)NC12CC3CC(CC(C3)C1)C2)NS(=O)(=O)c1ccccc1. The quantitative estimate of drug-likeness (QED) is 0.783. The van der Waals surface area contributed by atoms with E-state index in [-0.39, 0.29) is 22.8 Å². The molecule has 0 aromatic heterocycles. The molecular weight excluding hydrogens is 360 g/mol. The van der Waals surface area contributed by atoms with Gasteiger partial charge in [0.2, 0.25) is 15.9 Å². The topological polar surface area (TPSA) is 75.3 Å². The van der Waals surface area contributed by atoms with Crippen molar-refractivity contribution in [3.05, 3.63) is 30.3 Å². The lowest BCUT2D eigenvalue weighted by Gasteiger charge is -2.57. The average molecular weight is 391 g/mol. The van der Waals surface area contributed by atoms with Gasteiger partial charge in [0.05, 0.1) is 4.90 Å². The van der Waals surface area contributed by atoms with Gasteiger partial charge in [-0.2, -0.15) is 0 Å². The highest BCUT2D eigenvalue weighted by atomic mass is 32.2. The number of rotatable bonds is 6. The number of carbonyl (C=O) groups is 1. The summed E-state index contributed by atoms with van der Waals surface area (Å²) in [7, 11) is -3.65. The Morgan fingerprint density at radius 3 is 2.07 bits per heavy atom. The van der Waals surface area contributed by atoms with E-state index in [1.807, 2.05) is 0 Å². The number of carbonyl (C=O) groups excluding carboxylic acids is 1. The lowest BCUT2D eigenvalue weighted by Crippen LogP contribution is -2.60. The van der Waals surface area contributed by atoms with Crippen LogP contribution < -0.4 is 10.0 Å². The van der Waals surface area contributed by atoms with Crippen molar-refractivity contribution in [3.63, 3.8) is 0 Å². The number of hydrogen-bond donors (Lipinski definition) is 2. The fourth-order valence-corrected chi connectivity index (χ4v) is 7.50. The van der Waals surface area contributed by atoms with Crippen molar-refractivity contribution >= 4 is 15.9 Å². The maximum absolute atomic E-state index is 12.8. The summed E-state index contributed by atoms with van der Waals surface area (Å²) >= 11 is 0. The molecular formula is C21H30N2O3S. The Morgan fingerprint density at radius 1 is 1.04 bits per heavy atom. The first-order chi connectivity index (χ1) is 12.6. The highest BCUT2D eigenvalue weighted by molar-refractivity contribution is 7.89. The molecule has 0 atom stereocenters. The van der Waals surface area contributed by atoms with Crippen LogP contribution in [0.4, 0.5) is 0 Å². The third-order valence-corrected chi connectivity index (χ3v) is 8.22. The fourth-order valence-electron chi connectivity index (χ4n) is 6.06. The lowest BCUT2D eigenvalue weighted by molar-refractivity contribution is -0.127. The number of nitrogens with one attached hydrogen (secondary N) is 2. The molecule has 0 unspecified atom stereocenters. The first kappa shape index (κ1) is 18.9. The van der Waals surface area contributed by atoms with E-state index in [0.29, 0.717) is 0 Å². The van der Waals surface area contributed by atoms with E-state index in [1.54, 1.807) is 44.2 Å². The van der Waals surface area contributed by atoms with E-state index in [1.165, 1.54) is 19.3 Å². The van der Waals surface area contributed by atoms with Crippen LogP contribution in [0.1, 0.15) is 58.8 Å². The van der Waals surface area contributed by atoms with Crippen LogP contribution in [0.15, 0.2) is 35.2 Å². The Hall–Kier alpha value is -1.40. The van der Waals surface area contributed by atoms with Crippen molar-refractivity contribution in [1.82, 2.24) is 10.0 Å². The van der Waals surface area contributed by atoms with E-state index >= 15 is 0 Å². The Balaban J connectivity index is 1.40. The molecule has 1 amide bonds. The summed E-state index contributed by atoms with van der Waals surface area (Å²) in [5.74, 6) is 2.25. The zero-order valence-corrected chi connectivity index (χ0v) is 17.0. The molecule has 4 saturated carbocycles. The van der Waals surface area contributed by atoms with Gasteiger partial charge in [-0.15, -0.1) is 0 Å². The molecule has 1 aromatic rings. The fraction of sp³-hybridized carbons (Fsp3) is 0.667. The van der Waals surface area contributed by atoms with Gasteiger partial charge in [0.15, 0.2) is 0 Å². The van der Waals surface area contributed by atoms with Gasteiger partial charge in [0, 0.05) is 17.5 Å². The van der Waals surface area contributed by atoms with Crippen LogP contribution in [0.5, 0.6) is 0 Å². The molecule has 148 valence electrons. The second-order valence-electron chi connectivity index (χ2n) is 9.73. The molecule has 2 N–H and O–H groups in total. The zero-order valence-electron chi connectivity index (χ0n) is 16.2. The molecule has 0 heterocycles. The Kier molecular flexibility index (Phi) is 4.62. The van der Waals surface area contributed by atoms with Crippen LogP contribution >= 0.6 is 0 Å². The van der Waals surface area contributed by atoms with Crippen LogP contribution in [-0.2, 0) is 14.8 Å². The van der Waals surface area contributed by atoms with Crippen LogP contribution in [0.2, 0.25) is 0 Å². The Morgan fingerprint density at radius 2 is 1.56 bits per heavy atom. The van der Waals surface area contributed by atoms with Gasteiger partial charge in [-0.3, -0.25) is 4.79 Å². The van der Waals surface area contributed by atoms with Crippen LogP contribution in [0, 0.1) is 17.8 Å². The molecule has 27 heavy (non-hydrogen) atoms. The van der Waals surface area contributed by atoms with E-state index in [9.17, 15) is 13.2 Å². The van der Waals surface area contributed by atoms with Gasteiger partial charge >= 0.3 is 0 Å². The lowest BCUT2D eigenvalue weighted by atomic mass is 9.53. The largest absolute Gasteiger partial charge is 0.351 e. The molecule has 4 fully saturated rings. The summed E-state index contributed by atoms with van der Waals surface area (Å²) in [6.07, 6.45) is 7.43. The standard InChI is InChI=1S/C21H30N2O3S/c1-20(2,23-27(25,26)18-6-4-3-5-7-18)14-19(24)22-21-11-15-8-16(12-21)10-17(9-15)13-21/h3-7,15-17,23H,8-14H2,1-2H3,(H,22,24). The van der Waals surface area contributed by atoms with E-state index < -0.39 is 15.6 Å². The average Bonchev–Trinajstić information content (AvgIpc) is 2.51. The van der Waals surface area contributed by atoms with Gasteiger partial charge in [-0.25, -0.2) is 13.1 Å². The summed E-state index contributed by atoms with van der Waals surface area (Å²) in [5, 5.41) is 3.33. The predicted octanol–water partition coefficient (Wildman–Crippen LogP) is 3.22. The minimum Gasteiger partial charge on any atom is -0.351 e. The number of benzene rings is 1. The molecule has 0 saturated heterocycles. The van der Waals surface area contributed by atoms with Gasteiger partial charge in [-0.1, -0.05) is 18.2 Å². The van der Waals surface area contributed by atoms with Crippen molar-refractivity contribution in [2.75, 3.05) is 0 Å². The van der Waals surface area contributed by atoms with Gasteiger partial charge in [0.25, 0.3) is 0 Å². The molecule has 4 aliphatic carbocycles. The molecule has 5 nitrogen and oxygen atoms in total. The summed E-state index contributed by atoms with van der Waals surface area (Å²) in [6.45, 7) is 3.54. The Labute approximate surface area is 162 Å². The zero-order chi connectivity index (χ0) is 19.3. The summed E-state index contributed by atoms with van der Waals surface area (Å²) in [4.78, 5) is 13.0. The third kappa shape index (κ3) is 4.06. The smallest absolute Gasteiger partial charge is 0.241 e. The monoisotopic (exact) mass is 390 g/mol. The van der Waals surface area contributed by atoms with E-state index in [4.69, 9.17) is 0 Å². The van der Waals surface area contributed by atoms with Crippen molar-refractivity contribution in [2.45, 2.75) is 74.8 Å². The van der Waals surface area contributed by atoms with Crippen molar-refractivity contribution in [3.8, 4) is 0 Å². The minimum atomic E-state index is -3.65. The molecule has 5 rings (SSSR count). The molecule has 0 radical (unpaired) electrons. The second kappa shape index (κ2) is 6.59. The maximum atomic E-state index is 12.8. The minimum absolute atomic E-state index is 0.0415. The molecule has 0 aliphatic heterocycles. The van der Waals surface area contributed by atoms with Gasteiger partial charge in [-0.05, 0) is 82.3 Å². The predicted molar refractivity (Wildman–Crippen MR) is 105 cm³/mol. The first-order valence-electron chi connectivity index (χ1n) is 10.0. The first-order valence-corrected chi connectivity index (χ1v) is 11.5. The number of sulfonamides is 1. The van der Waals surface area contributed by atoms with Crippen LogP contribution in [0.3, 0.4) is 0 Å². The highest BCUT2D eigenvalue weighted by Crippen LogP contribution is 2.55. The summed E-state index contributed by atoms with van der Waals surface area (Å²) in [5.41, 5.74) is -0.888. The molecule has 0 spiro atoms. The molecule has 4 bridgehead atoms. The van der Waals surface area contributed by atoms with Gasteiger partial charge in [0.1, 0.15) is 0 Å². The van der Waals surface area contributed by atoms with Crippen molar-refractivity contribution in [1.29, 1.82) is 0 Å². The summed E-state index contributed by atoms with van der Waals surface area (Å²) in [6, 6.07) is 8.30. The number of hydrogen-bond acceptors (Lipinski definition) is 3. The van der Waals surface area contributed by atoms with E-state index in [0.717, 1.165) is 37.0 Å². The van der Waals surface area contributed by atoms with Crippen LogP contribution in [-0.4, -0.2) is 25.4 Å². The molecule has 4 aliphatic rings.